The normalized spacial score (nSPS) is 74.5. The fraction of sp³-hybridized carbons (Fsp3) is 0.923. The van der Waals surface area contributed by atoms with Gasteiger partial charge in [0.2, 0.25) is 0 Å². The third-order valence-electron chi connectivity index (χ3n) is 14.0. The first-order valence-corrected chi connectivity index (χ1v) is 12.4. The van der Waals surface area contributed by atoms with Crippen LogP contribution in [0.25, 0.3) is 0 Å². The summed E-state index contributed by atoms with van der Waals surface area (Å²) in [5, 5.41) is 0. The van der Waals surface area contributed by atoms with Gasteiger partial charge >= 0.3 is 0 Å². The van der Waals surface area contributed by atoms with Crippen molar-refractivity contribution in [1.29, 1.82) is 0 Å². The molecule has 13 fully saturated rings. The summed E-state index contributed by atoms with van der Waals surface area (Å²) in [5.41, 5.74) is 1.26. The summed E-state index contributed by atoms with van der Waals surface area (Å²) < 4.78 is 0. The van der Waals surface area contributed by atoms with Crippen LogP contribution in [-0.2, 0) is 9.59 Å². The number of rotatable bonds is 2. The van der Waals surface area contributed by atoms with Crippen LogP contribution in [0, 0.1) is 80.8 Å². The maximum atomic E-state index is 12.9. The van der Waals surface area contributed by atoms with E-state index in [1.165, 1.54) is 51.4 Å². The highest BCUT2D eigenvalue weighted by Crippen LogP contribution is 2.94. The summed E-state index contributed by atoms with van der Waals surface area (Å²) in [7, 11) is 0. The van der Waals surface area contributed by atoms with Crippen LogP contribution in [0.1, 0.15) is 65.2 Å². The van der Waals surface area contributed by atoms with E-state index in [0.717, 1.165) is 59.2 Å². The van der Waals surface area contributed by atoms with Gasteiger partial charge in [-0.05, 0) is 135 Å². The van der Waals surface area contributed by atoms with Gasteiger partial charge in [0, 0.05) is 10.8 Å². The van der Waals surface area contributed by atoms with E-state index < -0.39 is 0 Å². The minimum Gasteiger partial charge on any atom is -0.299 e. The third kappa shape index (κ3) is 1.09. The molecule has 13 aliphatic rings. The molecule has 14 bridgehead atoms. The Kier molecular flexibility index (Phi) is 2.02. The van der Waals surface area contributed by atoms with Crippen LogP contribution in [-0.4, -0.2) is 11.6 Å². The molecule has 0 aromatic carbocycles. The summed E-state index contributed by atoms with van der Waals surface area (Å²) >= 11 is 0. The van der Waals surface area contributed by atoms with E-state index in [-0.39, 0.29) is 10.8 Å². The molecule has 13 rings (SSSR count). The minimum absolute atomic E-state index is 0.0763. The Morgan fingerprint density at radius 1 is 0.536 bits per heavy atom. The molecular weight excluding hydrogens is 344 g/mol. The van der Waals surface area contributed by atoms with Crippen LogP contribution in [0.3, 0.4) is 0 Å². The highest BCUT2D eigenvalue weighted by molar-refractivity contribution is 5.84. The molecule has 14 atom stereocenters. The number of hydrogen-bond donors (Lipinski definition) is 0. The van der Waals surface area contributed by atoms with Crippen LogP contribution in [0.4, 0.5) is 0 Å². The molecule has 2 heteroatoms. The van der Waals surface area contributed by atoms with Crippen molar-refractivity contribution in [1.82, 2.24) is 0 Å². The third-order valence-corrected chi connectivity index (χ3v) is 14.0. The molecule has 0 saturated heterocycles. The van der Waals surface area contributed by atoms with Crippen molar-refractivity contribution in [2.24, 2.45) is 80.8 Å². The van der Waals surface area contributed by atoms with Crippen LogP contribution < -0.4 is 0 Å². The molecule has 0 aromatic heterocycles. The first-order valence-electron chi connectivity index (χ1n) is 12.4. The zero-order valence-corrected chi connectivity index (χ0v) is 17.2. The molecule has 2 nitrogen and oxygen atoms in total. The topological polar surface area (TPSA) is 34.1 Å². The van der Waals surface area contributed by atoms with E-state index in [9.17, 15) is 9.59 Å². The van der Waals surface area contributed by atoms with E-state index in [0.29, 0.717) is 22.4 Å². The van der Waals surface area contributed by atoms with Gasteiger partial charge in [0.15, 0.2) is 0 Å². The first kappa shape index (κ1) is 15.2. The lowest BCUT2D eigenvalue weighted by atomic mass is 9.12. The molecule has 13 aliphatic carbocycles. The van der Waals surface area contributed by atoms with Crippen LogP contribution in [0.5, 0.6) is 0 Å². The van der Waals surface area contributed by atoms with Gasteiger partial charge in [0.05, 0.1) is 0 Å². The SMILES string of the molecule is CC(=O)C12C[C@@H]3C4CC56CC7(C(C)=O)C[C@H]8C9CC(C1)([C@@H]3[C@H]5[C@H]9C7)[C@@H]([C@H]86)[C@@H]4C2. The van der Waals surface area contributed by atoms with Crippen molar-refractivity contribution in [3.05, 3.63) is 0 Å². The molecule has 0 aromatic rings. The zero-order chi connectivity index (χ0) is 18.6. The van der Waals surface area contributed by atoms with Gasteiger partial charge in [-0.1, -0.05) is 0 Å². The Balaban J connectivity index is 1.32. The van der Waals surface area contributed by atoms with Crippen molar-refractivity contribution in [3.63, 3.8) is 0 Å². The van der Waals surface area contributed by atoms with Gasteiger partial charge in [0.25, 0.3) is 0 Å². The van der Waals surface area contributed by atoms with Crippen molar-refractivity contribution >= 4 is 11.6 Å². The van der Waals surface area contributed by atoms with E-state index in [1.54, 1.807) is 0 Å². The largest absolute Gasteiger partial charge is 0.299 e. The van der Waals surface area contributed by atoms with E-state index >= 15 is 0 Å². The molecule has 148 valence electrons. The first-order chi connectivity index (χ1) is 13.4. The van der Waals surface area contributed by atoms with Gasteiger partial charge in [0.1, 0.15) is 11.6 Å². The second-order valence-corrected chi connectivity index (χ2v) is 13.8. The second kappa shape index (κ2) is 3.73. The Morgan fingerprint density at radius 3 is 1.14 bits per heavy atom. The van der Waals surface area contributed by atoms with E-state index in [2.05, 4.69) is 0 Å². The van der Waals surface area contributed by atoms with Crippen LogP contribution in [0.15, 0.2) is 0 Å². The van der Waals surface area contributed by atoms with Crippen LogP contribution >= 0.6 is 0 Å². The number of Topliss-reactive ketones (excluding diaryl/α,β-unsaturated/α-hetero) is 2. The van der Waals surface area contributed by atoms with Gasteiger partial charge < -0.3 is 0 Å². The quantitative estimate of drug-likeness (QED) is 0.710. The maximum Gasteiger partial charge on any atom is 0.136 e. The monoisotopic (exact) mass is 376 g/mol. The lowest BCUT2D eigenvalue weighted by molar-refractivity contribution is -0.442. The lowest BCUT2D eigenvalue weighted by Crippen LogP contribution is -2.87. The fourth-order valence-electron chi connectivity index (χ4n) is 14.4. The predicted octanol–water partition coefficient (Wildman–Crippen LogP) is 4.52. The van der Waals surface area contributed by atoms with Gasteiger partial charge in [-0.25, -0.2) is 0 Å². The molecule has 0 radical (unpaired) electrons. The van der Waals surface area contributed by atoms with Gasteiger partial charge in [-0.3, -0.25) is 9.59 Å². The molecule has 0 N–H and O–H groups in total. The Hall–Kier alpha value is -0.660. The molecular formula is C26H32O2. The predicted molar refractivity (Wildman–Crippen MR) is 103 cm³/mol. The summed E-state index contributed by atoms with van der Waals surface area (Å²) in [6.45, 7) is 3.87. The average molecular weight is 377 g/mol. The summed E-state index contributed by atoms with van der Waals surface area (Å²) in [6, 6.07) is 0. The highest BCUT2D eigenvalue weighted by Gasteiger charge is 2.89. The fourth-order valence-corrected chi connectivity index (χ4v) is 14.4. The Bertz CT molecular complexity index is 799. The number of hydrogen-bond acceptors (Lipinski definition) is 2. The van der Waals surface area contributed by atoms with E-state index in [1.807, 2.05) is 13.8 Å². The van der Waals surface area contributed by atoms with Crippen molar-refractivity contribution in [2.75, 3.05) is 0 Å². The van der Waals surface area contributed by atoms with Crippen molar-refractivity contribution < 1.29 is 9.59 Å². The second-order valence-electron chi connectivity index (χ2n) is 13.8. The summed E-state index contributed by atoms with van der Waals surface area (Å²) in [4.78, 5) is 25.9. The smallest absolute Gasteiger partial charge is 0.136 e. The minimum atomic E-state index is 0.0763. The van der Waals surface area contributed by atoms with Crippen molar-refractivity contribution in [2.45, 2.75) is 65.2 Å². The number of carbonyl (C=O) groups is 2. The molecule has 0 heterocycles. The van der Waals surface area contributed by atoms with E-state index in [4.69, 9.17) is 0 Å². The molecule has 2 spiro atoms. The lowest BCUT2D eigenvalue weighted by Gasteiger charge is -2.92. The Morgan fingerprint density at radius 2 is 0.857 bits per heavy atom. The van der Waals surface area contributed by atoms with Gasteiger partial charge in [-0.15, -0.1) is 0 Å². The Labute approximate surface area is 167 Å². The van der Waals surface area contributed by atoms with Crippen LogP contribution in [0.2, 0.25) is 0 Å². The maximum absolute atomic E-state index is 12.9. The molecule has 6 unspecified atom stereocenters. The summed E-state index contributed by atoms with van der Waals surface area (Å²) in [6.07, 6.45) is 10.5. The van der Waals surface area contributed by atoms with Gasteiger partial charge in [-0.2, -0.15) is 0 Å². The number of carbonyl (C=O) groups excluding carboxylic acids is 2. The molecule has 0 amide bonds. The molecule has 0 aliphatic heterocycles. The molecule has 28 heavy (non-hydrogen) atoms. The highest BCUT2D eigenvalue weighted by atomic mass is 16.1. The number of ketones is 2. The summed E-state index contributed by atoms with van der Waals surface area (Å²) in [5.74, 6) is 10.2. The van der Waals surface area contributed by atoms with Crippen molar-refractivity contribution in [3.8, 4) is 0 Å². The molecule has 13 saturated carbocycles. The average Bonchev–Trinajstić information content (AvgIpc) is 2.65. The standard InChI is InChI=1S/C26H32O2/c1-11(27)23-3-15-13-8-26-10-24(12(2)28)5-17-14-7-25(9-23,19(15)21(17)26)20(16(13)4-23)22(26)18(14)6-24/h13-22H,3-10H2,1-2H3/t13?,14?,15-,16-,17+,18+,19-,20+,21+,22-,23?,24?,25?,26?. The zero-order valence-electron chi connectivity index (χ0n) is 17.2.